The number of carbonyl (C=O) groups excluding carboxylic acids is 1. The molecule has 3 aromatic rings. The van der Waals surface area contributed by atoms with Gasteiger partial charge in [-0.15, -0.1) is 0 Å². The third kappa shape index (κ3) is 5.46. The molecule has 0 radical (unpaired) electrons. The monoisotopic (exact) mass is 597 g/mol. The van der Waals surface area contributed by atoms with Gasteiger partial charge in [0.25, 0.3) is 0 Å². The highest BCUT2D eigenvalue weighted by Crippen LogP contribution is 2.45. The number of likely N-dealkylation sites (N-methyl/N-ethyl adjacent to an activating group) is 1. The Morgan fingerprint density at radius 3 is 2.73 bits per heavy atom. The van der Waals surface area contributed by atoms with Gasteiger partial charge in [-0.1, -0.05) is 29.8 Å². The van der Waals surface area contributed by atoms with E-state index in [9.17, 15) is 9.18 Å². The molecular formula is C30H30Cl2FN5O3. The molecule has 4 heterocycles. The first-order chi connectivity index (χ1) is 19.8. The third-order valence-corrected chi connectivity index (χ3v) is 9.04. The number of amides is 1. The number of ether oxygens (including phenoxy) is 2. The van der Waals surface area contributed by atoms with Gasteiger partial charge >= 0.3 is 0 Å². The maximum Gasteiger partial charge on any atom is 0.245 e. The first-order valence-electron chi connectivity index (χ1n) is 13.6. The fourth-order valence-electron chi connectivity index (χ4n) is 5.97. The van der Waals surface area contributed by atoms with Gasteiger partial charge in [0.1, 0.15) is 18.2 Å². The van der Waals surface area contributed by atoms with Gasteiger partial charge in [-0.25, -0.2) is 14.4 Å². The molecule has 3 aliphatic heterocycles. The van der Waals surface area contributed by atoms with Crippen LogP contribution in [-0.2, 0) is 4.79 Å². The van der Waals surface area contributed by atoms with E-state index in [2.05, 4.69) is 39.9 Å². The van der Waals surface area contributed by atoms with Crippen LogP contribution < -0.4 is 14.8 Å². The Kier molecular flexibility index (Phi) is 7.76. The maximum absolute atomic E-state index is 14.8. The highest BCUT2D eigenvalue weighted by atomic mass is 35.5. The standard InChI is InChI=1S/C30H30Cl2FN5O3/c1-3-26(39)38-14-17-11-18(15-38)29(17)41-25-12-20-23(13-24(25)40-10-8-19-5-4-9-37(19)2)34-16-35-30(20)36-22-7-6-21(31)27(32)28(22)33/h3,6-8,10,12-13,16-19,29H,1,4-5,9,11,14-15H2,2H3,(H,34,35,36)/b10-8+/t17-,18+,19?,29?. The summed E-state index contributed by atoms with van der Waals surface area (Å²) in [4.78, 5) is 25.1. The lowest BCUT2D eigenvalue weighted by molar-refractivity contribution is -0.142. The van der Waals surface area contributed by atoms with Crippen LogP contribution in [0, 0.1) is 17.7 Å². The van der Waals surface area contributed by atoms with Gasteiger partial charge in [0.05, 0.1) is 27.5 Å². The Balaban J connectivity index is 1.32. The second-order valence-electron chi connectivity index (χ2n) is 10.8. The van der Waals surface area contributed by atoms with E-state index >= 15 is 0 Å². The lowest BCUT2D eigenvalue weighted by Gasteiger charge is -2.52. The quantitative estimate of drug-likeness (QED) is 0.188. The number of nitrogens with one attached hydrogen (secondary N) is 1. The lowest BCUT2D eigenvalue weighted by Crippen LogP contribution is -2.61. The molecule has 214 valence electrons. The van der Waals surface area contributed by atoms with Gasteiger partial charge in [-0.05, 0) is 63.2 Å². The summed E-state index contributed by atoms with van der Waals surface area (Å²) in [5.74, 6) is 1.10. The van der Waals surface area contributed by atoms with Gasteiger partial charge in [0, 0.05) is 42.4 Å². The fraction of sp³-hybridized carbons (Fsp3) is 0.367. The van der Waals surface area contributed by atoms with Crippen molar-refractivity contribution in [1.29, 1.82) is 0 Å². The van der Waals surface area contributed by atoms with E-state index in [1.54, 1.807) is 12.3 Å². The number of benzene rings is 2. The number of fused-ring (bicyclic) bond motifs is 3. The number of rotatable bonds is 8. The molecule has 7 rings (SSSR count). The predicted octanol–water partition coefficient (Wildman–Crippen LogP) is 6.22. The molecule has 4 aliphatic rings. The van der Waals surface area contributed by atoms with Gasteiger partial charge < -0.3 is 19.7 Å². The van der Waals surface area contributed by atoms with Gasteiger partial charge in [-0.2, -0.15) is 0 Å². The van der Waals surface area contributed by atoms with Crippen molar-refractivity contribution in [2.75, 3.05) is 32.0 Å². The van der Waals surface area contributed by atoms with Crippen LogP contribution in [-0.4, -0.2) is 64.5 Å². The second kappa shape index (κ2) is 11.5. The van der Waals surface area contributed by atoms with E-state index < -0.39 is 5.82 Å². The third-order valence-electron chi connectivity index (χ3n) is 8.26. The molecule has 1 aliphatic carbocycles. The number of likely N-dealkylation sites (tertiary alicyclic amines) is 1. The van der Waals surface area contributed by atoms with Crippen molar-refractivity contribution in [3.8, 4) is 11.5 Å². The molecule has 8 nitrogen and oxygen atoms in total. The minimum atomic E-state index is -0.676. The number of nitrogens with zero attached hydrogens (tertiary/aromatic N) is 4. The Hall–Kier alpha value is -3.40. The van der Waals surface area contributed by atoms with Crippen LogP contribution in [0.2, 0.25) is 10.0 Å². The van der Waals surface area contributed by atoms with Crippen molar-refractivity contribution < 1.29 is 18.7 Å². The molecule has 1 N–H and O–H groups in total. The molecule has 41 heavy (non-hydrogen) atoms. The number of hydrogen-bond acceptors (Lipinski definition) is 7. The highest BCUT2D eigenvalue weighted by molar-refractivity contribution is 6.42. The molecule has 11 heteroatoms. The Morgan fingerprint density at radius 1 is 1.20 bits per heavy atom. The number of anilines is 2. The van der Waals surface area contributed by atoms with Crippen LogP contribution in [0.5, 0.6) is 11.5 Å². The van der Waals surface area contributed by atoms with Gasteiger partial charge in [0.15, 0.2) is 17.3 Å². The fourth-order valence-corrected chi connectivity index (χ4v) is 6.28. The van der Waals surface area contributed by atoms with Gasteiger partial charge in [0.2, 0.25) is 5.91 Å². The van der Waals surface area contributed by atoms with Crippen LogP contribution in [0.1, 0.15) is 19.3 Å². The van der Waals surface area contributed by atoms with E-state index in [1.165, 1.54) is 24.5 Å². The highest BCUT2D eigenvalue weighted by Gasteiger charge is 2.49. The molecule has 1 amide bonds. The molecule has 4 atom stereocenters. The van der Waals surface area contributed by atoms with E-state index in [0.29, 0.717) is 47.4 Å². The summed E-state index contributed by atoms with van der Waals surface area (Å²) in [5, 5.41) is 3.59. The van der Waals surface area contributed by atoms with Crippen LogP contribution >= 0.6 is 23.2 Å². The largest absolute Gasteiger partial charge is 0.486 e. The van der Waals surface area contributed by atoms with Crippen LogP contribution in [0.15, 0.2) is 55.6 Å². The SMILES string of the molecule is C=CC(=O)N1C[C@H]2C[C@@H](C1)C2Oc1cc2c(Nc3ccc(Cl)c(Cl)c3F)ncnc2cc1O/C=C/C1CCCN1C. The summed E-state index contributed by atoms with van der Waals surface area (Å²) in [7, 11) is 2.10. The molecule has 1 saturated carbocycles. The van der Waals surface area contributed by atoms with Crippen molar-refractivity contribution in [1.82, 2.24) is 19.8 Å². The Morgan fingerprint density at radius 2 is 2.00 bits per heavy atom. The molecule has 1 aromatic heterocycles. The summed E-state index contributed by atoms with van der Waals surface area (Å²) < 4.78 is 27.6. The zero-order chi connectivity index (χ0) is 28.7. The van der Waals surface area contributed by atoms with Crippen molar-refractivity contribution >= 4 is 51.5 Å². The number of hydrogen-bond donors (Lipinski definition) is 1. The van der Waals surface area contributed by atoms with Crippen molar-refractivity contribution in [2.24, 2.45) is 11.8 Å². The summed E-state index contributed by atoms with van der Waals surface area (Å²) in [6.07, 6.45) is 9.67. The summed E-state index contributed by atoms with van der Waals surface area (Å²) in [6.45, 7) is 5.91. The Bertz CT molecular complexity index is 1520. The minimum Gasteiger partial charge on any atom is -0.486 e. The second-order valence-corrected chi connectivity index (χ2v) is 11.6. The molecule has 3 saturated heterocycles. The van der Waals surface area contributed by atoms with E-state index in [0.717, 1.165) is 25.8 Å². The Labute approximate surface area is 247 Å². The van der Waals surface area contributed by atoms with Crippen LogP contribution in [0.4, 0.5) is 15.9 Å². The maximum atomic E-state index is 14.8. The van der Waals surface area contributed by atoms with Crippen molar-refractivity contribution in [3.63, 3.8) is 0 Å². The molecule has 4 fully saturated rings. The minimum absolute atomic E-state index is 0.0581. The average Bonchev–Trinajstić information content (AvgIpc) is 3.40. The lowest BCUT2D eigenvalue weighted by atomic mass is 9.68. The molecular weight excluding hydrogens is 568 g/mol. The van der Waals surface area contributed by atoms with Crippen LogP contribution in [0.3, 0.4) is 0 Å². The molecule has 0 spiro atoms. The number of aromatic nitrogens is 2. The topological polar surface area (TPSA) is 79.8 Å². The zero-order valence-electron chi connectivity index (χ0n) is 22.5. The smallest absolute Gasteiger partial charge is 0.245 e. The number of halogens is 3. The van der Waals surface area contributed by atoms with E-state index in [4.69, 9.17) is 32.7 Å². The first kappa shape index (κ1) is 27.8. The van der Waals surface area contributed by atoms with Crippen molar-refractivity contribution in [3.05, 3.63) is 71.4 Å². The van der Waals surface area contributed by atoms with Crippen LogP contribution in [0.25, 0.3) is 10.9 Å². The van der Waals surface area contributed by atoms with Crippen molar-refractivity contribution in [2.45, 2.75) is 31.4 Å². The van der Waals surface area contributed by atoms with Gasteiger partial charge in [-0.3, -0.25) is 9.69 Å². The molecule has 2 unspecified atom stereocenters. The first-order valence-corrected chi connectivity index (χ1v) is 14.4. The zero-order valence-corrected chi connectivity index (χ0v) is 24.0. The molecule has 2 bridgehead atoms. The summed E-state index contributed by atoms with van der Waals surface area (Å²) in [6, 6.07) is 6.96. The summed E-state index contributed by atoms with van der Waals surface area (Å²) in [5.41, 5.74) is 0.722. The number of carbonyl (C=O) groups is 1. The predicted molar refractivity (Wildman–Crippen MR) is 157 cm³/mol. The molecule has 2 aromatic carbocycles. The van der Waals surface area contributed by atoms with E-state index in [1.807, 2.05) is 11.0 Å². The van der Waals surface area contributed by atoms with E-state index in [-0.39, 0.29) is 39.6 Å². The summed E-state index contributed by atoms with van der Waals surface area (Å²) >= 11 is 12.0. The normalized spacial score (nSPS) is 24.0. The average molecular weight is 599 g/mol. The number of piperidine rings is 2.